The van der Waals surface area contributed by atoms with Crippen molar-refractivity contribution in [3.05, 3.63) is 59.7 Å². The number of ether oxygens (including phenoxy) is 4. The van der Waals surface area contributed by atoms with Gasteiger partial charge in [0.15, 0.2) is 11.6 Å². The second-order valence-corrected chi connectivity index (χ2v) is 10.5. The molecule has 0 amide bonds. The molecule has 40 heavy (non-hydrogen) atoms. The molecule has 2 aromatic rings. The Labute approximate surface area is 248 Å². The van der Waals surface area contributed by atoms with E-state index in [0.717, 1.165) is 20.4 Å². The number of aliphatic hydroxyl groups excluding tert-OH is 2. The molecule has 9 nitrogen and oxygen atoms in total. The molecule has 2 rings (SSSR count). The predicted molar refractivity (Wildman–Crippen MR) is 150 cm³/mol. The number of allylic oxidation sites excluding steroid dienone is 2. The number of methoxy groups -OCH3 is 4. The second-order valence-electron chi connectivity index (χ2n) is 10.5. The van der Waals surface area contributed by atoms with Crippen LogP contribution in [0.15, 0.2) is 48.6 Å². The van der Waals surface area contributed by atoms with E-state index in [4.69, 9.17) is 22.3 Å². The van der Waals surface area contributed by atoms with Crippen LogP contribution in [0.5, 0.6) is 23.0 Å². The van der Waals surface area contributed by atoms with E-state index in [1.807, 2.05) is 0 Å². The summed E-state index contributed by atoms with van der Waals surface area (Å²) in [5.41, 5.74) is -0.101. The zero-order chi connectivity index (χ0) is 31.3. The molecule has 0 radical (unpaired) electrons. The Hall–Kier alpha value is -3.43. The summed E-state index contributed by atoms with van der Waals surface area (Å²) < 4.78 is 28.7. The van der Waals surface area contributed by atoms with E-state index < -0.39 is 10.8 Å². The van der Waals surface area contributed by atoms with Gasteiger partial charge in [0.25, 0.3) is 0 Å². The molecular weight excluding hydrogens is 552 g/mol. The first-order valence-corrected chi connectivity index (χ1v) is 12.8. The number of benzene rings is 2. The van der Waals surface area contributed by atoms with Crippen molar-refractivity contribution in [1.82, 2.24) is 0 Å². The van der Waals surface area contributed by atoms with E-state index in [9.17, 15) is 19.8 Å². The maximum atomic E-state index is 11.9. The second kappa shape index (κ2) is 16.6. The summed E-state index contributed by atoms with van der Waals surface area (Å²) >= 11 is 0.750. The van der Waals surface area contributed by atoms with Crippen LogP contribution in [-0.2, 0) is 33.3 Å². The van der Waals surface area contributed by atoms with Crippen molar-refractivity contribution < 1.29 is 62.5 Å². The van der Waals surface area contributed by atoms with Crippen molar-refractivity contribution in [3.8, 4) is 23.0 Å². The number of hydrogen-bond donors (Lipinski definition) is 2. The van der Waals surface area contributed by atoms with Gasteiger partial charge >= 0.3 is 23.7 Å². The summed E-state index contributed by atoms with van der Waals surface area (Å²) in [5.74, 6) is 1.72. The van der Waals surface area contributed by atoms with Crippen molar-refractivity contribution in [2.75, 3.05) is 28.4 Å². The first kappa shape index (κ1) is 36.6. The summed E-state index contributed by atoms with van der Waals surface area (Å²) in [4.78, 5) is 23.7. The number of hydrogen-bond acceptors (Lipinski definition) is 9. The Morgan fingerprint density at radius 2 is 0.800 bits per heavy atom. The van der Waals surface area contributed by atoms with Gasteiger partial charge in [-0.3, -0.25) is 9.59 Å². The molecule has 0 fully saturated rings. The average molecular weight is 593 g/mol. The van der Waals surface area contributed by atoms with Crippen molar-refractivity contribution >= 4 is 23.1 Å². The van der Waals surface area contributed by atoms with Gasteiger partial charge in [0.1, 0.15) is 34.5 Å². The average Bonchev–Trinajstić information content (AvgIpc) is 2.92. The van der Waals surface area contributed by atoms with Gasteiger partial charge in [0.05, 0.1) is 28.4 Å². The van der Waals surface area contributed by atoms with Crippen LogP contribution in [0.25, 0.3) is 11.5 Å². The molecule has 0 aliphatic carbocycles. The molecule has 0 saturated carbocycles. The Bertz CT molecular complexity index is 1060. The first-order valence-electron chi connectivity index (χ1n) is 12.1. The van der Waals surface area contributed by atoms with E-state index in [-0.39, 0.29) is 23.1 Å². The molecular formula is C30H40O9Ti. The van der Waals surface area contributed by atoms with Gasteiger partial charge in [-0.25, -0.2) is 0 Å². The topological polar surface area (TPSA) is 129 Å². The summed E-state index contributed by atoms with van der Waals surface area (Å²) in [6, 6.07) is 9.97. The molecule has 10 heteroatoms. The summed E-state index contributed by atoms with van der Waals surface area (Å²) in [5, 5.41) is 20.0. The summed E-state index contributed by atoms with van der Waals surface area (Å²) in [6.45, 7) is 10.8. The third-order valence-electron chi connectivity index (χ3n) is 5.31. The third-order valence-corrected chi connectivity index (χ3v) is 5.31. The van der Waals surface area contributed by atoms with Crippen LogP contribution in [0.4, 0.5) is 0 Å². The minimum absolute atomic E-state index is 0.0999. The van der Waals surface area contributed by atoms with E-state index in [1.165, 1.54) is 40.6 Å². The van der Waals surface area contributed by atoms with Gasteiger partial charge in [0, 0.05) is 46.2 Å². The van der Waals surface area contributed by atoms with E-state index in [1.54, 1.807) is 77.9 Å². The number of rotatable bonds is 8. The fourth-order valence-corrected chi connectivity index (χ4v) is 2.76. The van der Waals surface area contributed by atoms with Crippen molar-refractivity contribution in [2.24, 2.45) is 10.8 Å². The number of ketones is 2. The van der Waals surface area contributed by atoms with Crippen molar-refractivity contribution in [1.29, 1.82) is 0 Å². The molecule has 218 valence electrons. The van der Waals surface area contributed by atoms with Gasteiger partial charge in [-0.15, -0.1) is 0 Å². The Morgan fingerprint density at radius 1 is 0.575 bits per heavy atom. The monoisotopic (exact) mass is 592 g/mol. The molecule has 2 aromatic carbocycles. The van der Waals surface area contributed by atoms with Gasteiger partial charge in [0.2, 0.25) is 0 Å². The SMILES string of the molecule is COc1cc(OC)cc(/C(O)=C/C(=O)C(C)(C)C)c1.COc1cc(OC)cc(/C(O)=C/C(=O)C(C)(C)C)c1.[O]=[Ti]. The van der Waals surface area contributed by atoms with Crippen molar-refractivity contribution in [3.63, 3.8) is 0 Å². The van der Waals surface area contributed by atoms with Crippen molar-refractivity contribution in [2.45, 2.75) is 41.5 Å². The van der Waals surface area contributed by atoms with Gasteiger partial charge in [-0.1, -0.05) is 41.5 Å². The van der Waals surface area contributed by atoms with Crippen LogP contribution in [0, 0.1) is 10.8 Å². The predicted octanol–water partition coefficient (Wildman–Crippen LogP) is 6.31. The minimum atomic E-state index is -0.531. The molecule has 2 N–H and O–H groups in total. The number of carbonyl (C=O) groups is 2. The van der Waals surface area contributed by atoms with Crippen LogP contribution < -0.4 is 18.9 Å². The zero-order valence-electron chi connectivity index (χ0n) is 24.9. The molecule has 0 aliphatic rings. The molecule has 0 aromatic heterocycles. The molecule has 0 saturated heterocycles. The number of aliphatic hydroxyl groups is 2. The Morgan fingerprint density at radius 3 is 0.975 bits per heavy atom. The van der Waals surface area contributed by atoms with Crippen LogP contribution in [0.3, 0.4) is 0 Å². The van der Waals surface area contributed by atoms with Gasteiger partial charge in [-0.2, -0.15) is 0 Å². The Balaban J connectivity index is 0.000000716. The fraction of sp³-hybridized carbons (Fsp3) is 0.400. The quantitative estimate of drug-likeness (QED) is 0.206. The molecule has 0 heterocycles. The van der Waals surface area contributed by atoms with Gasteiger partial charge in [-0.05, 0) is 24.3 Å². The zero-order valence-corrected chi connectivity index (χ0v) is 26.4. The van der Waals surface area contributed by atoms with Crippen LogP contribution in [0.2, 0.25) is 0 Å². The fourth-order valence-electron chi connectivity index (χ4n) is 2.76. The van der Waals surface area contributed by atoms with Gasteiger partial charge < -0.3 is 29.2 Å². The molecule has 0 spiro atoms. The normalized spacial score (nSPS) is 11.6. The van der Waals surface area contributed by atoms with Crippen LogP contribution >= 0.6 is 0 Å². The van der Waals surface area contributed by atoms with E-state index >= 15 is 0 Å². The number of carbonyl (C=O) groups excluding carboxylic acids is 2. The molecule has 0 bridgehead atoms. The van der Waals surface area contributed by atoms with E-state index in [0.29, 0.717) is 34.1 Å². The molecule has 0 atom stereocenters. The van der Waals surface area contributed by atoms with E-state index in [2.05, 4.69) is 0 Å². The molecule has 0 unspecified atom stereocenters. The maximum absolute atomic E-state index is 11.9. The van der Waals surface area contributed by atoms with Crippen LogP contribution in [-0.4, -0.2) is 50.2 Å². The first-order chi connectivity index (χ1) is 18.5. The van der Waals surface area contributed by atoms with Crippen LogP contribution in [0.1, 0.15) is 52.7 Å². The standard InChI is InChI=1S/2C15H20O4.O.Ti/c2*1-15(2,3)14(17)9-13(16)10-6-11(18-4)8-12(7-10)19-5;;/h2*6-9,16H,1-5H3;;/b2*13-9-;;. The molecule has 0 aliphatic heterocycles. The summed E-state index contributed by atoms with van der Waals surface area (Å²) in [6.07, 6.45) is 2.46. The third kappa shape index (κ3) is 12.2. The Kier molecular flexibility index (Phi) is 15.2. The summed E-state index contributed by atoms with van der Waals surface area (Å²) in [7, 11) is 6.11.